The van der Waals surface area contributed by atoms with Crippen LogP contribution in [0.15, 0.2) is 42.4 Å². The molecule has 0 spiro atoms. The number of anilines is 2. The zero-order valence-electron chi connectivity index (χ0n) is 17.4. The van der Waals surface area contributed by atoms with Crippen molar-refractivity contribution < 1.29 is 9.21 Å². The van der Waals surface area contributed by atoms with E-state index in [2.05, 4.69) is 46.7 Å². The lowest BCUT2D eigenvalue weighted by Crippen LogP contribution is -2.50. The third kappa shape index (κ3) is 4.45. The second-order valence-electron chi connectivity index (χ2n) is 7.59. The Kier molecular flexibility index (Phi) is 6.02. The minimum absolute atomic E-state index is 0.0349. The van der Waals surface area contributed by atoms with Crippen LogP contribution in [-0.4, -0.2) is 61.0 Å². The van der Waals surface area contributed by atoms with Crippen molar-refractivity contribution in [2.45, 2.75) is 6.92 Å². The Balaban J connectivity index is 1.54. The number of amides is 1. The molecule has 31 heavy (non-hydrogen) atoms. The Bertz CT molecular complexity index is 1220. The summed E-state index contributed by atoms with van der Waals surface area (Å²) in [7, 11) is 3.88. The van der Waals surface area contributed by atoms with Gasteiger partial charge in [-0.05, 0) is 41.1 Å². The average Bonchev–Trinajstić information content (AvgIpc) is 2.73. The zero-order valence-corrected chi connectivity index (χ0v) is 20.5. The summed E-state index contributed by atoms with van der Waals surface area (Å²) < 4.78 is 6.90. The lowest BCUT2D eigenvalue weighted by Gasteiger charge is -2.35. The van der Waals surface area contributed by atoms with E-state index in [1.54, 1.807) is 17.0 Å². The Morgan fingerprint density at radius 2 is 1.77 bits per heavy atom. The van der Waals surface area contributed by atoms with Gasteiger partial charge >= 0.3 is 5.63 Å². The number of carbonyl (C=O) groups is 1. The van der Waals surface area contributed by atoms with Crippen molar-refractivity contribution in [1.29, 1.82) is 0 Å². The van der Waals surface area contributed by atoms with Crippen molar-refractivity contribution in [3.8, 4) is 0 Å². The lowest BCUT2D eigenvalue weighted by atomic mass is 10.1. The first-order chi connectivity index (χ1) is 14.7. The van der Waals surface area contributed by atoms with Gasteiger partial charge in [-0.3, -0.25) is 4.79 Å². The SMILES string of the molecule is Cc1cc(N(C)C)nc(N2CCN(C(=O)c3cc4cc(Br)cc(Br)c4oc3=O)CC2)n1. The average molecular weight is 551 g/mol. The van der Waals surface area contributed by atoms with Crippen molar-refractivity contribution in [1.82, 2.24) is 14.9 Å². The van der Waals surface area contributed by atoms with Crippen molar-refractivity contribution in [3.63, 3.8) is 0 Å². The van der Waals surface area contributed by atoms with E-state index in [1.165, 1.54) is 0 Å². The van der Waals surface area contributed by atoms with E-state index in [9.17, 15) is 9.59 Å². The molecule has 0 aliphatic carbocycles. The van der Waals surface area contributed by atoms with Crippen LogP contribution in [-0.2, 0) is 0 Å². The number of rotatable bonds is 3. The van der Waals surface area contributed by atoms with Gasteiger partial charge in [0.2, 0.25) is 5.95 Å². The first-order valence-electron chi connectivity index (χ1n) is 9.73. The van der Waals surface area contributed by atoms with E-state index in [1.807, 2.05) is 38.1 Å². The van der Waals surface area contributed by atoms with E-state index in [0.29, 0.717) is 47.6 Å². The number of hydrogen-bond acceptors (Lipinski definition) is 7. The van der Waals surface area contributed by atoms with Crippen molar-refractivity contribution >= 4 is 60.5 Å². The summed E-state index contributed by atoms with van der Waals surface area (Å²) in [6, 6.07) is 7.13. The second kappa shape index (κ2) is 8.58. The molecule has 1 amide bonds. The fourth-order valence-electron chi connectivity index (χ4n) is 3.49. The quantitative estimate of drug-likeness (QED) is 0.462. The van der Waals surface area contributed by atoms with E-state index >= 15 is 0 Å². The number of piperazine rings is 1. The number of aryl methyl sites for hydroxylation is 1. The Labute approximate surface area is 196 Å². The van der Waals surface area contributed by atoms with Gasteiger partial charge in [0, 0.05) is 61.9 Å². The fraction of sp³-hybridized carbons (Fsp3) is 0.333. The van der Waals surface area contributed by atoms with Crippen LogP contribution in [0.5, 0.6) is 0 Å². The molecule has 1 aliphatic rings. The first-order valence-corrected chi connectivity index (χ1v) is 11.3. The predicted octanol–water partition coefficient (Wildman–Crippen LogP) is 3.44. The third-order valence-electron chi connectivity index (χ3n) is 5.12. The summed E-state index contributed by atoms with van der Waals surface area (Å²) in [5.41, 5.74) is 0.703. The highest BCUT2D eigenvalue weighted by molar-refractivity contribution is 9.11. The van der Waals surface area contributed by atoms with Crippen molar-refractivity contribution in [3.05, 3.63) is 54.9 Å². The molecule has 4 rings (SSSR count). The van der Waals surface area contributed by atoms with Crippen LogP contribution < -0.4 is 15.4 Å². The number of carbonyl (C=O) groups excluding carboxylic acids is 1. The number of hydrogen-bond donors (Lipinski definition) is 0. The molecule has 0 bridgehead atoms. The molecule has 1 aliphatic heterocycles. The standard InChI is InChI=1S/C21H21Br2N5O3/c1-12-8-17(26(2)3)25-21(24-12)28-6-4-27(5-7-28)19(29)15-10-13-9-14(22)11-16(23)18(13)31-20(15)30/h8-11H,4-7H2,1-3H3. The van der Waals surface area contributed by atoms with Gasteiger partial charge in [-0.15, -0.1) is 0 Å². The maximum Gasteiger partial charge on any atom is 0.349 e. The molecule has 1 fully saturated rings. The third-order valence-corrected chi connectivity index (χ3v) is 6.17. The molecule has 3 aromatic rings. The summed E-state index contributed by atoms with van der Waals surface area (Å²) in [5, 5.41) is 0.673. The molecule has 0 atom stereocenters. The highest BCUT2D eigenvalue weighted by Gasteiger charge is 2.26. The number of aromatic nitrogens is 2. The number of halogens is 2. The monoisotopic (exact) mass is 549 g/mol. The summed E-state index contributed by atoms with van der Waals surface area (Å²) in [6.07, 6.45) is 0. The molecular weight excluding hydrogens is 530 g/mol. The van der Waals surface area contributed by atoms with Gasteiger partial charge in [-0.25, -0.2) is 9.78 Å². The molecule has 2 aromatic heterocycles. The highest BCUT2D eigenvalue weighted by atomic mass is 79.9. The minimum atomic E-state index is -0.638. The Morgan fingerprint density at radius 3 is 2.45 bits per heavy atom. The molecule has 0 unspecified atom stereocenters. The van der Waals surface area contributed by atoms with E-state index in [-0.39, 0.29) is 11.5 Å². The number of benzene rings is 1. The van der Waals surface area contributed by atoms with Gasteiger partial charge in [0.25, 0.3) is 5.91 Å². The van der Waals surface area contributed by atoms with Crippen LogP contribution in [0.4, 0.5) is 11.8 Å². The van der Waals surface area contributed by atoms with Gasteiger partial charge in [-0.2, -0.15) is 4.98 Å². The molecule has 10 heteroatoms. The van der Waals surface area contributed by atoms with Crippen LogP contribution in [0.25, 0.3) is 11.0 Å². The van der Waals surface area contributed by atoms with Gasteiger partial charge < -0.3 is 19.1 Å². The molecule has 162 valence electrons. The van der Waals surface area contributed by atoms with Crippen LogP contribution in [0, 0.1) is 6.92 Å². The summed E-state index contributed by atoms with van der Waals surface area (Å²) in [5.74, 6) is 1.16. The molecule has 1 saturated heterocycles. The molecule has 8 nitrogen and oxygen atoms in total. The molecule has 0 radical (unpaired) electrons. The number of nitrogens with zero attached hydrogens (tertiary/aromatic N) is 5. The summed E-state index contributed by atoms with van der Waals surface area (Å²) >= 11 is 6.81. The first kappa shape index (κ1) is 21.8. The fourth-order valence-corrected chi connectivity index (χ4v) is 4.83. The van der Waals surface area contributed by atoms with Gasteiger partial charge in [0.1, 0.15) is 11.4 Å². The molecule has 0 saturated carbocycles. The van der Waals surface area contributed by atoms with Crippen molar-refractivity contribution in [2.75, 3.05) is 50.1 Å². The smallest absolute Gasteiger partial charge is 0.349 e. The van der Waals surface area contributed by atoms with Gasteiger partial charge in [-0.1, -0.05) is 15.9 Å². The van der Waals surface area contributed by atoms with E-state index < -0.39 is 5.63 Å². The van der Waals surface area contributed by atoms with Crippen LogP contribution in [0.3, 0.4) is 0 Å². The van der Waals surface area contributed by atoms with Gasteiger partial charge in [0.05, 0.1) is 4.47 Å². The zero-order chi connectivity index (χ0) is 22.3. The second-order valence-corrected chi connectivity index (χ2v) is 9.36. The normalized spacial score (nSPS) is 14.2. The lowest BCUT2D eigenvalue weighted by molar-refractivity contribution is 0.0742. The Hall–Kier alpha value is -2.46. The highest BCUT2D eigenvalue weighted by Crippen LogP contribution is 2.28. The van der Waals surface area contributed by atoms with Crippen LogP contribution in [0.1, 0.15) is 16.1 Å². The predicted molar refractivity (Wildman–Crippen MR) is 127 cm³/mol. The van der Waals surface area contributed by atoms with Gasteiger partial charge in [0.15, 0.2) is 5.58 Å². The van der Waals surface area contributed by atoms with Crippen LogP contribution in [0.2, 0.25) is 0 Å². The molecule has 3 heterocycles. The van der Waals surface area contributed by atoms with E-state index in [0.717, 1.165) is 16.0 Å². The Morgan fingerprint density at radius 1 is 1.06 bits per heavy atom. The largest absolute Gasteiger partial charge is 0.421 e. The van der Waals surface area contributed by atoms with Crippen LogP contribution >= 0.6 is 31.9 Å². The maximum atomic E-state index is 13.1. The molecular formula is C21H21Br2N5O3. The molecule has 0 N–H and O–H groups in total. The van der Waals surface area contributed by atoms with E-state index in [4.69, 9.17) is 4.42 Å². The summed E-state index contributed by atoms with van der Waals surface area (Å²) in [6.45, 7) is 4.03. The topological polar surface area (TPSA) is 82.8 Å². The number of fused-ring (bicyclic) bond motifs is 1. The summed E-state index contributed by atoms with van der Waals surface area (Å²) in [4.78, 5) is 40.4. The molecule has 1 aromatic carbocycles. The van der Waals surface area contributed by atoms with Crippen molar-refractivity contribution in [2.24, 2.45) is 0 Å². The minimum Gasteiger partial charge on any atom is -0.421 e. The maximum absolute atomic E-state index is 13.1.